The molecule has 6 nitrogen and oxygen atoms in total. The summed E-state index contributed by atoms with van der Waals surface area (Å²) in [6.07, 6.45) is 0.0646. The standard InChI is InChI=1S/C22H28O6/c1-12(2)22(27)11-18(28-20(26)14-5-7-15(23)8-6-14)21(4)17(25)10-13(3)9-16(24)19(21)22/h5-8,10,12,16,18-19,23-24,27H,9,11H2,1-4H3. The Kier molecular flexibility index (Phi) is 5.15. The van der Waals surface area contributed by atoms with Crippen LogP contribution in [0, 0.1) is 17.3 Å². The van der Waals surface area contributed by atoms with Gasteiger partial charge in [-0.2, -0.15) is 0 Å². The molecule has 3 N–H and O–H groups in total. The second-order valence-corrected chi connectivity index (χ2v) is 8.68. The van der Waals surface area contributed by atoms with E-state index >= 15 is 0 Å². The number of allylic oxidation sites excluding steroid dienone is 1. The minimum Gasteiger partial charge on any atom is -0.508 e. The third kappa shape index (κ3) is 3.14. The van der Waals surface area contributed by atoms with Gasteiger partial charge in [-0.3, -0.25) is 4.79 Å². The molecule has 0 bridgehead atoms. The van der Waals surface area contributed by atoms with Crippen molar-refractivity contribution >= 4 is 11.8 Å². The van der Waals surface area contributed by atoms with E-state index in [1.165, 1.54) is 30.3 Å². The van der Waals surface area contributed by atoms with E-state index in [1.807, 2.05) is 13.8 Å². The topological polar surface area (TPSA) is 104 Å². The maximum absolute atomic E-state index is 13.1. The fourth-order valence-corrected chi connectivity index (χ4v) is 4.84. The number of esters is 1. The van der Waals surface area contributed by atoms with Gasteiger partial charge in [-0.25, -0.2) is 4.79 Å². The van der Waals surface area contributed by atoms with Crippen LogP contribution < -0.4 is 0 Å². The van der Waals surface area contributed by atoms with Gasteiger partial charge >= 0.3 is 5.97 Å². The Morgan fingerprint density at radius 1 is 1.25 bits per heavy atom. The molecule has 2 aliphatic rings. The molecule has 0 radical (unpaired) electrons. The fourth-order valence-electron chi connectivity index (χ4n) is 4.84. The normalized spacial score (nSPS) is 35.3. The summed E-state index contributed by atoms with van der Waals surface area (Å²) < 4.78 is 5.72. The van der Waals surface area contributed by atoms with Crippen molar-refractivity contribution < 1.29 is 29.6 Å². The summed E-state index contributed by atoms with van der Waals surface area (Å²) in [5.41, 5.74) is -1.60. The van der Waals surface area contributed by atoms with E-state index in [0.29, 0.717) is 6.42 Å². The summed E-state index contributed by atoms with van der Waals surface area (Å²) >= 11 is 0. The van der Waals surface area contributed by atoms with Gasteiger partial charge < -0.3 is 20.1 Å². The number of phenols is 1. The average Bonchev–Trinajstić information content (AvgIpc) is 2.79. The van der Waals surface area contributed by atoms with E-state index in [4.69, 9.17) is 4.74 Å². The summed E-state index contributed by atoms with van der Waals surface area (Å²) in [4.78, 5) is 25.8. The summed E-state index contributed by atoms with van der Waals surface area (Å²) in [5, 5.41) is 31.7. The lowest BCUT2D eigenvalue weighted by molar-refractivity contribution is -0.143. The highest BCUT2D eigenvalue weighted by atomic mass is 16.5. The monoisotopic (exact) mass is 388 g/mol. The number of fused-ring (bicyclic) bond motifs is 1. The van der Waals surface area contributed by atoms with Crippen molar-refractivity contribution in [2.75, 3.05) is 0 Å². The Balaban J connectivity index is 2.01. The Morgan fingerprint density at radius 3 is 2.43 bits per heavy atom. The second kappa shape index (κ2) is 7.01. The zero-order valence-electron chi connectivity index (χ0n) is 16.7. The van der Waals surface area contributed by atoms with Gasteiger partial charge in [0.25, 0.3) is 0 Å². The van der Waals surface area contributed by atoms with Gasteiger partial charge in [-0.15, -0.1) is 0 Å². The number of carbonyl (C=O) groups excluding carboxylic acids is 2. The molecule has 0 spiro atoms. The summed E-state index contributed by atoms with van der Waals surface area (Å²) in [6.45, 7) is 7.13. The number of hydrogen-bond donors (Lipinski definition) is 3. The van der Waals surface area contributed by atoms with Crippen LogP contribution >= 0.6 is 0 Å². The third-order valence-corrected chi connectivity index (χ3v) is 6.54. The van der Waals surface area contributed by atoms with Crippen LogP contribution in [0.5, 0.6) is 5.75 Å². The van der Waals surface area contributed by atoms with E-state index in [1.54, 1.807) is 13.8 Å². The molecule has 152 valence electrons. The molecule has 0 aliphatic heterocycles. The minimum absolute atomic E-state index is 0.0290. The Labute approximate surface area is 164 Å². The number of hydrogen-bond acceptors (Lipinski definition) is 6. The predicted octanol–water partition coefficient (Wildman–Crippen LogP) is 2.61. The molecule has 1 fully saturated rings. The molecule has 6 heteroatoms. The van der Waals surface area contributed by atoms with Gasteiger partial charge in [-0.05, 0) is 56.5 Å². The van der Waals surface area contributed by atoms with Crippen LogP contribution in [-0.4, -0.2) is 44.9 Å². The largest absolute Gasteiger partial charge is 0.508 e. The molecule has 5 unspecified atom stereocenters. The number of aliphatic hydroxyl groups is 2. The van der Waals surface area contributed by atoms with Gasteiger partial charge in [0.15, 0.2) is 5.78 Å². The number of aromatic hydroxyl groups is 1. The molecular weight excluding hydrogens is 360 g/mol. The number of aliphatic hydroxyl groups excluding tert-OH is 1. The predicted molar refractivity (Wildman–Crippen MR) is 103 cm³/mol. The highest BCUT2D eigenvalue weighted by molar-refractivity contribution is 5.97. The highest BCUT2D eigenvalue weighted by Crippen LogP contribution is 2.57. The van der Waals surface area contributed by atoms with E-state index in [-0.39, 0.29) is 29.4 Å². The van der Waals surface area contributed by atoms with Crippen LogP contribution in [0.2, 0.25) is 0 Å². The number of ether oxygens (including phenoxy) is 1. The Bertz CT molecular complexity index is 811. The first-order chi connectivity index (χ1) is 13.0. The molecule has 0 aromatic heterocycles. The quantitative estimate of drug-likeness (QED) is 0.688. The van der Waals surface area contributed by atoms with Crippen molar-refractivity contribution in [1.82, 2.24) is 0 Å². The number of benzene rings is 1. The Hall–Kier alpha value is -2.18. The highest BCUT2D eigenvalue weighted by Gasteiger charge is 2.67. The van der Waals surface area contributed by atoms with E-state index in [9.17, 15) is 24.9 Å². The molecule has 0 amide bonds. The Morgan fingerprint density at radius 2 is 1.86 bits per heavy atom. The number of phenolic OH excluding ortho intramolecular Hbond substituents is 1. The molecule has 2 aliphatic carbocycles. The van der Waals surface area contributed by atoms with Crippen LogP contribution in [0.15, 0.2) is 35.9 Å². The van der Waals surface area contributed by atoms with E-state index in [0.717, 1.165) is 5.57 Å². The fraction of sp³-hybridized carbons (Fsp3) is 0.545. The molecule has 28 heavy (non-hydrogen) atoms. The van der Waals surface area contributed by atoms with Crippen molar-refractivity contribution in [3.63, 3.8) is 0 Å². The van der Waals surface area contributed by atoms with Crippen LogP contribution in [0.25, 0.3) is 0 Å². The van der Waals surface area contributed by atoms with Crippen molar-refractivity contribution in [2.24, 2.45) is 17.3 Å². The molecule has 5 atom stereocenters. The molecule has 1 aromatic carbocycles. The lowest BCUT2D eigenvalue weighted by Gasteiger charge is -2.41. The lowest BCUT2D eigenvalue weighted by atomic mass is 9.67. The maximum Gasteiger partial charge on any atom is 0.338 e. The second-order valence-electron chi connectivity index (χ2n) is 8.68. The van der Waals surface area contributed by atoms with Crippen molar-refractivity contribution in [2.45, 2.75) is 58.3 Å². The third-order valence-electron chi connectivity index (χ3n) is 6.54. The number of rotatable bonds is 3. The minimum atomic E-state index is -1.35. The van der Waals surface area contributed by atoms with Crippen molar-refractivity contribution in [1.29, 1.82) is 0 Å². The van der Waals surface area contributed by atoms with Crippen LogP contribution in [0.1, 0.15) is 50.9 Å². The summed E-state index contributed by atoms with van der Waals surface area (Å²) in [7, 11) is 0. The molecule has 0 heterocycles. The zero-order valence-corrected chi connectivity index (χ0v) is 16.7. The van der Waals surface area contributed by atoms with Gasteiger partial charge in [0.1, 0.15) is 11.9 Å². The van der Waals surface area contributed by atoms with Crippen LogP contribution in [0.3, 0.4) is 0 Å². The average molecular weight is 388 g/mol. The van der Waals surface area contributed by atoms with Gasteiger partial charge in [-0.1, -0.05) is 19.4 Å². The lowest BCUT2D eigenvalue weighted by Crippen LogP contribution is -2.52. The number of ketones is 1. The smallest absolute Gasteiger partial charge is 0.338 e. The van der Waals surface area contributed by atoms with E-state index in [2.05, 4.69) is 0 Å². The summed E-state index contributed by atoms with van der Waals surface area (Å²) in [5.74, 6) is -1.84. The van der Waals surface area contributed by atoms with Gasteiger partial charge in [0.2, 0.25) is 0 Å². The first-order valence-electron chi connectivity index (χ1n) is 9.62. The van der Waals surface area contributed by atoms with Gasteiger partial charge in [0.05, 0.1) is 22.7 Å². The SMILES string of the molecule is CC1=CC(=O)C2(C)C(OC(=O)c3ccc(O)cc3)CC(O)(C(C)C)C2C(O)C1. The van der Waals surface area contributed by atoms with Crippen molar-refractivity contribution in [3.8, 4) is 5.75 Å². The first kappa shape index (κ1) is 20.6. The van der Waals surface area contributed by atoms with Crippen LogP contribution in [0.4, 0.5) is 0 Å². The van der Waals surface area contributed by atoms with Crippen LogP contribution in [-0.2, 0) is 9.53 Å². The number of carbonyl (C=O) groups is 2. The molecule has 1 saturated carbocycles. The maximum atomic E-state index is 13.1. The zero-order chi connectivity index (χ0) is 20.9. The molecule has 3 rings (SSSR count). The first-order valence-corrected chi connectivity index (χ1v) is 9.62. The molecule has 1 aromatic rings. The van der Waals surface area contributed by atoms with Crippen molar-refractivity contribution in [3.05, 3.63) is 41.5 Å². The van der Waals surface area contributed by atoms with Gasteiger partial charge in [0, 0.05) is 12.3 Å². The molecule has 0 saturated heterocycles. The van der Waals surface area contributed by atoms with E-state index < -0.39 is 35.1 Å². The summed E-state index contributed by atoms with van der Waals surface area (Å²) in [6, 6.07) is 5.64. The molecular formula is C22H28O6.